The summed E-state index contributed by atoms with van der Waals surface area (Å²) in [6.45, 7) is 5.18. The van der Waals surface area contributed by atoms with Crippen molar-refractivity contribution in [3.05, 3.63) is 33.8 Å². The molecule has 2 aromatic rings. The van der Waals surface area contributed by atoms with Crippen molar-refractivity contribution in [2.24, 2.45) is 0 Å². The van der Waals surface area contributed by atoms with Crippen LogP contribution < -0.4 is 5.32 Å². The van der Waals surface area contributed by atoms with E-state index in [1.807, 2.05) is 12.1 Å². The summed E-state index contributed by atoms with van der Waals surface area (Å²) in [6, 6.07) is 3.87. The maximum atomic E-state index is 4.64. The summed E-state index contributed by atoms with van der Waals surface area (Å²) < 4.78 is 1.12. The van der Waals surface area contributed by atoms with Crippen LogP contribution >= 0.6 is 22.6 Å². The molecule has 0 radical (unpaired) electrons. The molecule has 0 aliphatic heterocycles. The SMILES string of the molecule is CCCNc1nc(-c2ccncc2)nc(CC)c1I. The Balaban J connectivity index is 2.45. The monoisotopic (exact) mass is 368 g/mol. The van der Waals surface area contributed by atoms with Crippen LogP contribution in [0.3, 0.4) is 0 Å². The highest BCUT2D eigenvalue weighted by molar-refractivity contribution is 14.1. The van der Waals surface area contributed by atoms with Gasteiger partial charge in [0, 0.05) is 24.5 Å². The first-order chi connectivity index (χ1) is 9.26. The fourth-order valence-corrected chi connectivity index (χ4v) is 2.53. The maximum Gasteiger partial charge on any atom is 0.161 e. The van der Waals surface area contributed by atoms with Gasteiger partial charge in [-0.3, -0.25) is 4.98 Å². The first kappa shape index (κ1) is 14.2. The number of hydrogen-bond donors (Lipinski definition) is 1. The van der Waals surface area contributed by atoms with Gasteiger partial charge >= 0.3 is 0 Å². The highest BCUT2D eigenvalue weighted by Gasteiger charge is 2.11. The predicted octanol–water partition coefficient (Wildman–Crippen LogP) is 3.53. The zero-order valence-corrected chi connectivity index (χ0v) is 13.3. The summed E-state index contributed by atoms with van der Waals surface area (Å²) in [5, 5.41) is 3.37. The number of rotatable bonds is 5. The standard InChI is InChI=1S/C14H17IN4/c1-3-7-17-14-12(15)11(4-2)18-13(19-14)10-5-8-16-9-6-10/h5-6,8-9H,3-4,7H2,1-2H3,(H,17,18,19). The number of aryl methyl sites for hydroxylation is 1. The van der Waals surface area contributed by atoms with E-state index < -0.39 is 0 Å². The van der Waals surface area contributed by atoms with Gasteiger partial charge in [-0.25, -0.2) is 9.97 Å². The summed E-state index contributed by atoms with van der Waals surface area (Å²) in [6.07, 6.45) is 5.51. The molecule has 0 aromatic carbocycles. The maximum absolute atomic E-state index is 4.64. The van der Waals surface area contributed by atoms with Crippen LogP contribution in [0.1, 0.15) is 26.0 Å². The normalized spacial score (nSPS) is 10.5. The van der Waals surface area contributed by atoms with Crippen molar-refractivity contribution in [1.82, 2.24) is 15.0 Å². The fraction of sp³-hybridized carbons (Fsp3) is 0.357. The Hall–Kier alpha value is -1.24. The smallest absolute Gasteiger partial charge is 0.161 e. The topological polar surface area (TPSA) is 50.7 Å². The second kappa shape index (κ2) is 6.79. The predicted molar refractivity (Wildman–Crippen MR) is 86.1 cm³/mol. The molecule has 0 spiro atoms. The van der Waals surface area contributed by atoms with Gasteiger partial charge < -0.3 is 5.32 Å². The molecule has 2 rings (SSSR count). The lowest BCUT2D eigenvalue weighted by atomic mass is 10.2. The van der Waals surface area contributed by atoms with Gasteiger partial charge in [-0.15, -0.1) is 0 Å². The molecule has 0 bridgehead atoms. The summed E-state index contributed by atoms with van der Waals surface area (Å²) in [5.74, 6) is 1.69. The van der Waals surface area contributed by atoms with Gasteiger partial charge in [0.2, 0.25) is 0 Å². The molecular formula is C14H17IN4. The largest absolute Gasteiger partial charge is 0.369 e. The number of aromatic nitrogens is 3. The lowest BCUT2D eigenvalue weighted by molar-refractivity contribution is 0.943. The molecule has 2 aromatic heterocycles. The summed E-state index contributed by atoms with van der Waals surface area (Å²) >= 11 is 2.32. The molecule has 0 saturated carbocycles. The number of anilines is 1. The first-order valence-electron chi connectivity index (χ1n) is 6.47. The minimum atomic E-state index is 0.762. The van der Waals surface area contributed by atoms with Gasteiger partial charge in [0.1, 0.15) is 5.82 Å². The van der Waals surface area contributed by atoms with E-state index in [2.05, 4.69) is 56.7 Å². The second-order valence-corrected chi connectivity index (χ2v) is 5.25. The molecule has 0 aliphatic rings. The van der Waals surface area contributed by atoms with Crippen molar-refractivity contribution in [1.29, 1.82) is 0 Å². The Morgan fingerprint density at radius 1 is 1.16 bits per heavy atom. The third-order valence-corrected chi connectivity index (χ3v) is 3.87. The van der Waals surface area contributed by atoms with Crippen molar-refractivity contribution in [2.75, 3.05) is 11.9 Å². The summed E-state index contributed by atoms with van der Waals surface area (Å²) in [4.78, 5) is 13.3. The van der Waals surface area contributed by atoms with E-state index in [1.165, 1.54) is 0 Å². The molecule has 4 nitrogen and oxygen atoms in total. The summed E-state index contributed by atoms with van der Waals surface area (Å²) in [5.41, 5.74) is 2.08. The summed E-state index contributed by atoms with van der Waals surface area (Å²) in [7, 11) is 0. The number of nitrogens with one attached hydrogen (secondary N) is 1. The molecule has 0 fully saturated rings. The third-order valence-electron chi connectivity index (χ3n) is 2.74. The van der Waals surface area contributed by atoms with E-state index >= 15 is 0 Å². The lowest BCUT2D eigenvalue weighted by Gasteiger charge is -2.11. The molecule has 100 valence electrons. The molecule has 2 heterocycles. The van der Waals surface area contributed by atoms with Crippen LogP contribution in [0.15, 0.2) is 24.5 Å². The Morgan fingerprint density at radius 3 is 2.53 bits per heavy atom. The molecule has 1 N–H and O–H groups in total. The average Bonchev–Trinajstić information content (AvgIpc) is 2.47. The van der Waals surface area contributed by atoms with E-state index in [4.69, 9.17) is 0 Å². The van der Waals surface area contributed by atoms with Crippen molar-refractivity contribution in [3.8, 4) is 11.4 Å². The molecule has 0 aliphatic carbocycles. The van der Waals surface area contributed by atoms with Gasteiger partial charge in [0.05, 0.1) is 9.26 Å². The van der Waals surface area contributed by atoms with Crippen molar-refractivity contribution < 1.29 is 0 Å². The molecule has 5 heteroatoms. The van der Waals surface area contributed by atoms with Crippen molar-refractivity contribution in [3.63, 3.8) is 0 Å². The zero-order chi connectivity index (χ0) is 13.7. The molecular weight excluding hydrogens is 351 g/mol. The quantitative estimate of drug-likeness (QED) is 0.821. The van der Waals surface area contributed by atoms with Crippen molar-refractivity contribution >= 4 is 28.4 Å². The van der Waals surface area contributed by atoms with Crippen LogP contribution in [-0.2, 0) is 6.42 Å². The highest BCUT2D eigenvalue weighted by Crippen LogP contribution is 2.24. The fourth-order valence-electron chi connectivity index (χ4n) is 1.72. The van der Waals surface area contributed by atoms with E-state index in [9.17, 15) is 0 Å². The Bertz CT molecular complexity index is 543. The van der Waals surface area contributed by atoms with Crippen LogP contribution in [0.25, 0.3) is 11.4 Å². The van der Waals surface area contributed by atoms with Gasteiger partial charge in [-0.1, -0.05) is 13.8 Å². The highest BCUT2D eigenvalue weighted by atomic mass is 127. The van der Waals surface area contributed by atoms with Gasteiger partial charge in [0.15, 0.2) is 5.82 Å². The minimum absolute atomic E-state index is 0.762. The number of pyridine rings is 1. The zero-order valence-electron chi connectivity index (χ0n) is 11.2. The third kappa shape index (κ3) is 3.40. The van der Waals surface area contributed by atoms with Crippen LogP contribution in [0.2, 0.25) is 0 Å². The second-order valence-electron chi connectivity index (χ2n) is 4.17. The Kier molecular flexibility index (Phi) is 5.07. The van der Waals surface area contributed by atoms with Crippen LogP contribution in [0, 0.1) is 3.57 Å². The number of halogens is 1. The van der Waals surface area contributed by atoms with Crippen LogP contribution in [0.5, 0.6) is 0 Å². The van der Waals surface area contributed by atoms with Crippen molar-refractivity contribution in [2.45, 2.75) is 26.7 Å². The molecule has 19 heavy (non-hydrogen) atoms. The molecule has 0 amide bonds. The van der Waals surface area contributed by atoms with E-state index in [0.717, 1.165) is 45.9 Å². The Morgan fingerprint density at radius 2 is 1.89 bits per heavy atom. The van der Waals surface area contributed by atoms with Crippen LogP contribution in [-0.4, -0.2) is 21.5 Å². The molecule has 0 unspecified atom stereocenters. The number of nitrogens with zero attached hydrogens (tertiary/aromatic N) is 3. The Labute approximate surface area is 127 Å². The van der Waals surface area contributed by atoms with Gasteiger partial charge in [-0.2, -0.15) is 0 Å². The molecule has 0 atom stereocenters. The van der Waals surface area contributed by atoms with E-state index in [0.29, 0.717) is 0 Å². The lowest BCUT2D eigenvalue weighted by Crippen LogP contribution is -2.08. The van der Waals surface area contributed by atoms with E-state index in [-0.39, 0.29) is 0 Å². The average molecular weight is 368 g/mol. The first-order valence-corrected chi connectivity index (χ1v) is 7.54. The number of hydrogen-bond acceptors (Lipinski definition) is 4. The van der Waals surface area contributed by atoms with Gasteiger partial charge in [0.25, 0.3) is 0 Å². The molecule has 0 saturated heterocycles. The van der Waals surface area contributed by atoms with Crippen LogP contribution in [0.4, 0.5) is 5.82 Å². The van der Waals surface area contributed by atoms with Gasteiger partial charge in [-0.05, 0) is 47.6 Å². The minimum Gasteiger partial charge on any atom is -0.369 e. The van der Waals surface area contributed by atoms with E-state index in [1.54, 1.807) is 12.4 Å².